The topological polar surface area (TPSA) is 423 Å². The van der Waals surface area contributed by atoms with Crippen molar-refractivity contribution in [2.45, 2.75) is 93.4 Å². The third kappa shape index (κ3) is 14.5. The Bertz CT molecular complexity index is 2350. The summed E-state index contributed by atoms with van der Waals surface area (Å²) in [5.74, 6) is -3.58. The maximum absolute atomic E-state index is 12.2. The molecule has 4 heterocycles. The van der Waals surface area contributed by atoms with Crippen molar-refractivity contribution in [1.29, 1.82) is 0 Å². The monoisotopic (exact) mass is 936 g/mol. The summed E-state index contributed by atoms with van der Waals surface area (Å²) in [6, 6.07) is 13.2. The summed E-state index contributed by atoms with van der Waals surface area (Å²) in [5.41, 5.74) is 15.3. The van der Waals surface area contributed by atoms with Crippen molar-refractivity contribution in [2.24, 2.45) is 11.5 Å². The number of primary amides is 2. The summed E-state index contributed by atoms with van der Waals surface area (Å²) >= 11 is 0. The number of esters is 2. The third-order valence-corrected chi connectivity index (χ3v) is 9.90. The van der Waals surface area contributed by atoms with Gasteiger partial charge >= 0.3 is 18.0 Å². The van der Waals surface area contributed by atoms with Crippen LogP contribution in [-0.4, -0.2) is 155 Å². The number of nitrogens with two attached hydrogens (primary N) is 2. The smallest absolute Gasteiger partial charge is 0.408 e. The number of aromatic nitrogens is 6. The summed E-state index contributed by atoms with van der Waals surface area (Å²) in [5, 5.41) is 50.1. The van der Waals surface area contributed by atoms with E-state index in [0.717, 1.165) is 33.1 Å². The molecule has 2 aliphatic rings. The Morgan fingerprint density at radius 2 is 1.23 bits per heavy atom. The molecule has 2 fully saturated rings. The fraction of sp³-hybridized carbons (Fsp3) is 0.432. The van der Waals surface area contributed by atoms with Crippen LogP contribution < -0.4 is 22.5 Å². The van der Waals surface area contributed by atoms with Crippen LogP contribution in [0.15, 0.2) is 72.1 Å². The molecule has 354 valence electrons. The molecule has 65 heavy (non-hydrogen) atoms. The Hall–Kier alpha value is -6.50. The Kier molecular flexibility index (Phi) is 18.0. The molecule has 10 atom stereocenters. The number of quaternary nitrogens is 1. The summed E-state index contributed by atoms with van der Waals surface area (Å²) in [7, 11) is -4.27. The Morgan fingerprint density at radius 3 is 1.65 bits per heavy atom. The molecular formula is C37H48N10O17S. The van der Waals surface area contributed by atoms with Gasteiger partial charge in [0.2, 0.25) is 11.6 Å². The fourth-order valence-electron chi connectivity index (χ4n) is 5.49. The van der Waals surface area contributed by atoms with Crippen molar-refractivity contribution in [3.8, 4) is 0 Å². The van der Waals surface area contributed by atoms with E-state index in [4.69, 9.17) is 35.2 Å². The molecule has 12 N–H and O–H groups in total. The molecule has 27 nitrogen and oxygen atoms in total. The zero-order chi connectivity index (χ0) is 48.2. The number of aliphatic hydroxyl groups is 4. The lowest BCUT2D eigenvalue weighted by Gasteiger charge is -2.17. The molecule has 28 heteroatoms. The first-order valence-corrected chi connectivity index (χ1v) is 20.6. The van der Waals surface area contributed by atoms with Crippen molar-refractivity contribution < 1.29 is 86.8 Å². The number of carbonyl (C=O) groups excluding carboxylic acids is 5. The molecule has 0 spiro atoms. The lowest BCUT2D eigenvalue weighted by atomic mass is 10.1. The molecule has 4 aromatic rings. The van der Waals surface area contributed by atoms with Gasteiger partial charge in [-0.2, -0.15) is 0 Å². The van der Waals surface area contributed by atoms with Crippen molar-refractivity contribution >= 4 is 40.0 Å². The maximum Gasteiger partial charge on any atom is 0.408 e. The van der Waals surface area contributed by atoms with Gasteiger partial charge in [0.1, 0.15) is 85.3 Å². The third-order valence-electron chi connectivity index (χ3n) is 9.05. The summed E-state index contributed by atoms with van der Waals surface area (Å²) in [6.45, 7) is 4.17. The molecular weight excluding hydrogens is 889 g/mol. The van der Waals surface area contributed by atoms with E-state index in [2.05, 4.69) is 31.2 Å². The second kappa shape index (κ2) is 22.9. The van der Waals surface area contributed by atoms with Crippen LogP contribution in [0, 0.1) is 6.92 Å². The van der Waals surface area contributed by atoms with Gasteiger partial charge < -0.3 is 71.2 Å². The maximum atomic E-state index is 12.2. The van der Waals surface area contributed by atoms with Crippen molar-refractivity contribution in [3.63, 3.8) is 0 Å². The van der Waals surface area contributed by atoms with E-state index in [1.165, 1.54) is 19.1 Å². The molecule has 2 aromatic carbocycles. The van der Waals surface area contributed by atoms with E-state index >= 15 is 0 Å². The highest BCUT2D eigenvalue weighted by atomic mass is 32.2. The lowest BCUT2D eigenvalue weighted by molar-refractivity contribution is -0.403. The first-order valence-electron chi connectivity index (χ1n) is 19.2. The zero-order valence-electron chi connectivity index (χ0n) is 34.8. The summed E-state index contributed by atoms with van der Waals surface area (Å²) in [6.07, 6.45) is -8.27. The standard InChI is InChI=1S/C19H23N5O8.C11H17N5O6.C7H8O3S/c1-10(22-19(29)31-7-11-5-3-2-4-6-11)18(28)30-8-12-13(25)14(26)17(32-12)24-9-21-16(23-24)15(20)27;1-4(12)11(20)21-2-5-6(17)7(18)10(22-5)16-3-14-9(15-16)8(13)19;1-6-2-4-7(5-3-6)11(8,9)10/h2-6,9-10,12-14,17,25-26H,7-8H2,1H3,(H2,20,27)(H,22,29);3-7,10,17-18H,2,12H2,1H3,(H2,13,19);2-5H,1H3,(H,8,9,10)/t10-,12+,13+,14?,17+;4-,5+,6+,7?,10+;/m00./s1. The molecule has 0 bridgehead atoms. The quantitative estimate of drug-likeness (QED) is 0.0339. The largest absolute Gasteiger partial charge is 0.744 e. The number of hydrogen-bond donors (Lipinski definition) is 8. The SMILES string of the molecule is C[C@H](NC(=O)OCc1ccccc1)C(=O)OC[C@H]1O[C@@H](n2cnc(C(N)=O)n2)C(O)[C@@H]1O.C[C@H]([NH3+])C(=O)OC[C@H]1O[C@@H](n2cnc(C(N)=O)n2)C(O)[C@@H]1O.Cc1ccc(S(=O)(=O)[O-])cc1. The van der Waals surface area contributed by atoms with Crippen molar-refractivity contribution in [3.05, 3.63) is 90.0 Å². The number of benzene rings is 2. The Labute approximate surface area is 369 Å². The van der Waals surface area contributed by atoms with Gasteiger partial charge in [-0.1, -0.05) is 48.0 Å². The lowest BCUT2D eigenvalue weighted by Crippen LogP contribution is -2.63. The first kappa shape index (κ1) is 51.1. The predicted molar refractivity (Wildman–Crippen MR) is 212 cm³/mol. The fourth-order valence-corrected chi connectivity index (χ4v) is 5.96. The van der Waals surface area contributed by atoms with E-state index in [9.17, 15) is 57.4 Å². The molecule has 0 saturated carbocycles. The number of nitrogens with zero attached hydrogens (tertiary/aromatic N) is 6. The van der Waals surface area contributed by atoms with E-state index in [1.54, 1.807) is 43.3 Å². The highest BCUT2D eigenvalue weighted by Crippen LogP contribution is 2.30. The predicted octanol–water partition coefficient (Wildman–Crippen LogP) is -4.08. The van der Waals surface area contributed by atoms with Crippen LogP contribution in [-0.2, 0) is 50.0 Å². The van der Waals surface area contributed by atoms with Crippen LogP contribution in [0.5, 0.6) is 0 Å². The molecule has 2 unspecified atom stereocenters. The van der Waals surface area contributed by atoms with Gasteiger partial charge in [0.05, 0.1) is 4.90 Å². The molecule has 3 amide bonds. The van der Waals surface area contributed by atoms with Crippen LogP contribution in [0.25, 0.3) is 0 Å². The summed E-state index contributed by atoms with van der Waals surface area (Å²) < 4.78 is 59.2. The molecule has 6 rings (SSSR count). The van der Waals surface area contributed by atoms with Gasteiger partial charge in [0, 0.05) is 0 Å². The molecule has 2 aromatic heterocycles. The normalized spacial score (nSPS) is 23.3. The van der Waals surface area contributed by atoms with Crippen LogP contribution in [0.2, 0.25) is 0 Å². The average molecular weight is 937 g/mol. The minimum absolute atomic E-state index is 0.0373. The number of nitrogens with one attached hydrogen (secondary N) is 1. The number of alkyl carbamates (subject to hydrolysis) is 1. The highest BCUT2D eigenvalue weighted by molar-refractivity contribution is 7.85. The van der Waals surface area contributed by atoms with E-state index < -0.39 is 108 Å². The van der Waals surface area contributed by atoms with E-state index in [-0.39, 0.29) is 29.8 Å². The minimum Gasteiger partial charge on any atom is -0.744 e. The highest BCUT2D eigenvalue weighted by Gasteiger charge is 2.46. The number of carbonyl (C=O) groups is 5. The number of aryl methyl sites for hydroxylation is 1. The van der Waals surface area contributed by atoms with Crippen molar-refractivity contribution in [2.75, 3.05) is 13.2 Å². The van der Waals surface area contributed by atoms with E-state index in [0.29, 0.717) is 0 Å². The van der Waals surface area contributed by atoms with E-state index in [1.807, 2.05) is 13.0 Å². The van der Waals surface area contributed by atoms with Gasteiger partial charge in [-0.05, 0) is 38.5 Å². The second-order valence-corrected chi connectivity index (χ2v) is 15.7. The Morgan fingerprint density at radius 1 is 0.769 bits per heavy atom. The number of hydrogen-bond acceptors (Lipinski definition) is 21. The second-order valence-electron chi connectivity index (χ2n) is 14.3. The number of rotatable bonds is 14. The van der Waals surface area contributed by atoms with Gasteiger partial charge in [0.15, 0.2) is 18.5 Å². The van der Waals surface area contributed by atoms with Crippen LogP contribution in [0.3, 0.4) is 0 Å². The minimum atomic E-state index is -4.27. The van der Waals surface area contributed by atoms with Gasteiger partial charge in [-0.25, -0.2) is 42.1 Å². The Balaban J connectivity index is 0.000000241. The molecule has 2 saturated heterocycles. The molecule has 2 aliphatic heterocycles. The van der Waals surface area contributed by atoms with Crippen LogP contribution in [0.1, 0.15) is 58.7 Å². The van der Waals surface area contributed by atoms with Crippen LogP contribution in [0.4, 0.5) is 4.79 Å². The van der Waals surface area contributed by atoms with Crippen molar-refractivity contribution in [1.82, 2.24) is 34.8 Å². The number of aliphatic hydroxyl groups excluding tert-OH is 4. The van der Waals surface area contributed by atoms with Gasteiger partial charge in [0.25, 0.3) is 11.8 Å². The molecule has 0 radical (unpaired) electrons. The van der Waals surface area contributed by atoms with Gasteiger partial charge in [-0.15, -0.1) is 10.2 Å². The number of amides is 3. The zero-order valence-corrected chi connectivity index (χ0v) is 35.6. The molecule has 0 aliphatic carbocycles. The van der Waals surface area contributed by atoms with Crippen LogP contribution >= 0.6 is 0 Å². The average Bonchev–Trinajstić information content (AvgIpc) is 4.07. The number of ether oxygens (including phenoxy) is 5. The van der Waals surface area contributed by atoms with Gasteiger partial charge in [-0.3, -0.25) is 9.59 Å². The first-order chi connectivity index (χ1) is 30.6. The summed E-state index contributed by atoms with van der Waals surface area (Å²) in [4.78, 5) is 64.6.